The van der Waals surface area contributed by atoms with Crippen molar-refractivity contribution in [1.29, 1.82) is 0 Å². The van der Waals surface area contributed by atoms with Gasteiger partial charge in [0, 0.05) is 28.9 Å². The molecule has 0 aliphatic rings. The second-order valence-electron chi connectivity index (χ2n) is 2.61. The molecule has 0 aliphatic carbocycles. The van der Waals surface area contributed by atoms with Crippen LogP contribution in [0.15, 0.2) is 0 Å². The van der Waals surface area contributed by atoms with Crippen molar-refractivity contribution in [3.63, 3.8) is 0 Å². The predicted molar refractivity (Wildman–Crippen MR) is 46.7 cm³/mol. The highest BCUT2D eigenvalue weighted by molar-refractivity contribution is 7.84. The van der Waals surface area contributed by atoms with Crippen LogP contribution in [0.5, 0.6) is 0 Å². The predicted octanol–water partition coefficient (Wildman–Crippen LogP) is 0.753. The molecule has 0 bridgehead atoms. The second-order valence-corrected chi connectivity index (χ2v) is 4.16. The fourth-order valence-corrected chi connectivity index (χ4v) is 1.31. The first-order valence-corrected chi connectivity index (χ1v) is 5.37. The highest BCUT2D eigenvalue weighted by atomic mass is 32.2. The Morgan fingerprint density at radius 2 is 2.20 bits per heavy atom. The SMILES string of the molecule is CNC(C)CCCS(C)=O. The first-order valence-electron chi connectivity index (χ1n) is 3.64. The van der Waals surface area contributed by atoms with E-state index in [1.54, 1.807) is 6.26 Å². The fourth-order valence-electron chi connectivity index (χ4n) is 0.737. The summed E-state index contributed by atoms with van der Waals surface area (Å²) in [6.45, 7) is 2.14. The minimum atomic E-state index is -0.612. The molecule has 2 unspecified atom stereocenters. The largest absolute Gasteiger partial charge is 0.317 e. The van der Waals surface area contributed by atoms with Gasteiger partial charge in [-0.2, -0.15) is 0 Å². The third-order valence-corrected chi connectivity index (χ3v) is 2.43. The summed E-state index contributed by atoms with van der Waals surface area (Å²) in [6.07, 6.45) is 3.94. The quantitative estimate of drug-likeness (QED) is 0.648. The van der Waals surface area contributed by atoms with E-state index in [4.69, 9.17) is 0 Å². The van der Waals surface area contributed by atoms with Crippen LogP contribution in [-0.2, 0) is 10.8 Å². The molecule has 0 amide bonds. The lowest BCUT2D eigenvalue weighted by molar-refractivity contribution is 0.557. The smallest absolute Gasteiger partial charge is 0.0232 e. The molecular formula is C7H17NOS. The Morgan fingerprint density at radius 3 is 2.60 bits per heavy atom. The van der Waals surface area contributed by atoms with Gasteiger partial charge >= 0.3 is 0 Å². The topological polar surface area (TPSA) is 29.1 Å². The molecule has 0 saturated carbocycles. The third-order valence-electron chi connectivity index (χ3n) is 1.56. The van der Waals surface area contributed by atoms with E-state index >= 15 is 0 Å². The fraction of sp³-hybridized carbons (Fsp3) is 1.00. The van der Waals surface area contributed by atoms with Gasteiger partial charge in [0.2, 0.25) is 0 Å². The number of rotatable bonds is 5. The lowest BCUT2D eigenvalue weighted by Gasteiger charge is -2.07. The van der Waals surface area contributed by atoms with Crippen molar-refractivity contribution in [1.82, 2.24) is 5.32 Å². The summed E-state index contributed by atoms with van der Waals surface area (Å²) in [5, 5.41) is 3.14. The van der Waals surface area contributed by atoms with Crippen LogP contribution in [0, 0.1) is 0 Å². The minimum absolute atomic E-state index is 0.559. The van der Waals surface area contributed by atoms with Crippen molar-refractivity contribution in [2.45, 2.75) is 25.8 Å². The highest BCUT2D eigenvalue weighted by Crippen LogP contribution is 1.95. The first kappa shape index (κ1) is 10.1. The Bertz CT molecular complexity index is 106. The van der Waals surface area contributed by atoms with E-state index in [1.807, 2.05) is 7.05 Å². The van der Waals surface area contributed by atoms with Crippen molar-refractivity contribution < 1.29 is 4.21 Å². The molecule has 1 N–H and O–H groups in total. The molecule has 0 aromatic carbocycles. The standard InChI is InChI=1S/C7H17NOS/c1-7(8-2)5-4-6-10(3)9/h7-8H,4-6H2,1-3H3. The number of nitrogens with one attached hydrogen (secondary N) is 1. The molecule has 0 aromatic rings. The van der Waals surface area contributed by atoms with Gasteiger partial charge in [-0.05, 0) is 26.8 Å². The minimum Gasteiger partial charge on any atom is -0.317 e. The summed E-state index contributed by atoms with van der Waals surface area (Å²) in [7, 11) is 1.34. The van der Waals surface area contributed by atoms with Crippen LogP contribution in [0.4, 0.5) is 0 Å². The summed E-state index contributed by atoms with van der Waals surface area (Å²) in [5.41, 5.74) is 0. The molecule has 10 heavy (non-hydrogen) atoms. The van der Waals surface area contributed by atoms with E-state index < -0.39 is 10.8 Å². The van der Waals surface area contributed by atoms with Crippen LogP contribution in [-0.4, -0.2) is 29.3 Å². The maximum absolute atomic E-state index is 10.6. The molecule has 0 fully saturated rings. The molecule has 2 atom stereocenters. The first-order chi connectivity index (χ1) is 4.66. The molecule has 0 heterocycles. The van der Waals surface area contributed by atoms with E-state index in [1.165, 1.54) is 0 Å². The maximum atomic E-state index is 10.6. The van der Waals surface area contributed by atoms with Crippen LogP contribution < -0.4 is 5.32 Å². The van der Waals surface area contributed by atoms with E-state index in [0.29, 0.717) is 6.04 Å². The van der Waals surface area contributed by atoms with Crippen molar-refractivity contribution in [3.8, 4) is 0 Å². The van der Waals surface area contributed by atoms with E-state index in [-0.39, 0.29) is 0 Å². The van der Waals surface area contributed by atoms with Gasteiger partial charge in [-0.3, -0.25) is 4.21 Å². The Labute approximate surface area is 65.9 Å². The second kappa shape index (κ2) is 5.86. The molecule has 2 nitrogen and oxygen atoms in total. The summed E-state index contributed by atoms with van der Waals surface area (Å²) in [5.74, 6) is 0.839. The van der Waals surface area contributed by atoms with Gasteiger partial charge in [0.1, 0.15) is 0 Å². The van der Waals surface area contributed by atoms with Crippen molar-refractivity contribution in [2.75, 3.05) is 19.1 Å². The molecule has 0 saturated heterocycles. The maximum Gasteiger partial charge on any atom is 0.0232 e. The molecule has 0 spiro atoms. The Balaban J connectivity index is 3.11. The molecule has 0 aromatic heterocycles. The van der Waals surface area contributed by atoms with Gasteiger partial charge in [-0.1, -0.05) is 0 Å². The molecule has 0 aliphatic heterocycles. The molecule has 0 radical (unpaired) electrons. The lowest BCUT2D eigenvalue weighted by Crippen LogP contribution is -2.21. The van der Waals surface area contributed by atoms with E-state index in [0.717, 1.165) is 18.6 Å². The number of hydrogen-bond acceptors (Lipinski definition) is 2. The van der Waals surface area contributed by atoms with Crippen LogP contribution in [0.2, 0.25) is 0 Å². The van der Waals surface area contributed by atoms with Crippen LogP contribution >= 0.6 is 0 Å². The Kier molecular flexibility index (Phi) is 5.93. The van der Waals surface area contributed by atoms with Gasteiger partial charge in [0.15, 0.2) is 0 Å². The summed E-state index contributed by atoms with van der Waals surface area (Å²) in [6, 6.07) is 0.559. The van der Waals surface area contributed by atoms with Gasteiger partial charge in [-0.25, -0.2) is 0 Å². The Morgan fingerprint density at radius 1 is 1.60 bits per heavy atom. The third kappa shape index (κ3) is 6.23. The average Bonchev–Trinajstić information content (AvgIpc) is 1.87. The van der Waals surface area contributed by atoms with Crippen molar-refractivity contribution in [3.05, 3.63) is 0 Å². The van der Waals surface area contributed by atoms with Crippen LogP contribution in [0.25, 0.3) is 0 Å². The zero-order chi connectivity index (χ0) is 7.98. The summed E-state index contributed by atoms with van der Waals surface area (Å²) < 4.78 is 10.6. The number of hydrogen-bond donors (Lipinski definition) is 1. The van der Waals surface area contributed by atoms with E-state index in [9.17, 15) is 4.21 Å². The molecule has 0 rings (SSSR count). The highest BCUT2D eigenvalue weighted by Gasteiger charge is 1.97. The normalized spacial score (nSPS) is 16.7. The zero-order valence-electron chi connectivity index (χ0n) is 7.02. The summed E-state index contributed by atoms with van der Waals surface area (Å²) in [4.78, 5) is 0. The van der Waals surface area contributed by atoms with Gasteiger partial charge in [-0.15, -0.1) is 0 Å². The summed E-state index contributed by atoms with van der Waals surface area (Å²) >= 11 is 0. The molecule has 3 heteroatoms. The van der Waals surface area contributed by atoms with Gasteiger partial charge < -0.3 is 5.32 Å². The molecule has 62 valence electrons. The lowest BCUT2D eigenvalue weighted by atomic mass is 10.2. The monoisotopic (exact) mass is 163 g/mol. The average molecular weight is 163 g/mol. The zero-order valence-corrected chi connectivity index (χ0v) is 7.83. The van der Waals surface area contributed by atoms with Crippen LogP contribution in [0.3, 0.4) is 0 Å². The van der Waals surface area contributed by atoms with Gasteiger partial charge in [0.05, 0.1) is 0 Å². The Hall–Kier alpha value is 0.110. The van der Waals surface area contributed by atoms with Gasteiger partial charge in [0.25, 0.3) is 0 Å². The van der Waals surface area contributed by atoms with Crippen molar-refractivity contribution in [2.24, 2.45) is 0 Å². The molecular weight excluding hydrogens is 146 g/mol. The van der Waals surface area contributed by atoms with E-state index in [2.05, 4.69) is 12.2 Å². The van der Waals surface area contributed by atoms with Crippen molar-refractivity contribution >= 4 is 10.8 Å². The van der Waals surface area contributed by atoms with Crippen LogP contribution in [0.1, 0.15) is 19.8 Å².